The molecule has 3 N–H and O–H groups in total. The Kier molecular flexibility index (Phi) is 4.89. The van der Waals surface area contributed by atoms with Crippen molar-refractivity contribution in [3.8, 4) is 0 Å². The fourth-order valence-electron chi connectivity index (χ4n) is 2.00. The van der Waals surface area contributed by atoms with Gasteiger partial charge in [-0.05, 0) is 46.8 Å². The van der Waals surface area contributed by atoms with E-state index >= 15 is 0 Å². The number of nitrogens with two attached hydrogens (primary N) is 1. The number of carbonyl (C=O) groups is 1. The average Bonchev–Trinajstić information content (AvgIpc) is 2.11. The molecule has 0 aromatic carbocycles. The van der Waals surface area contributed by atoms with Crippen LogP contribution < -0.4 is 11.1 Å². The number of thiocarbonyl (C=S) groups is 1. The molecule has 1 fully saturated rings. The first-order chi connectivity index (χ1) is 7.88. The summed E-state index contributed by atoms with van der Waals surface area (Å²) >= 11 is 5.02. The Balaban J connectivity index is 2.45. The lowest BCUT2D eigenvalue weighted by molar-refractivity contribution is -0.131. The van der Waals surface area contributed by atoms with Crippen LogP contribution in [-0.4, -0.2) is 42.5 Å². The normalized spacial score (nSPS) is 19.5. The Morgan fingerprint density at radius 2 is 2.12 bits per heavy atom. The molecule has 1 aliphatic carbocycles. The van der Waals surface area contributed by atoms with Crippen LogP contribution in [0.25, 0.3) is 0 Å². The number of carbonyl (C=O) groups excluding carboxylic acids is 1. The standard InChI is InChI=1S/C12H23N3OS/c1-9(5-8-15(2)3)14-11(16)12(10(13)17)6-4-7-12/h9H,4-8H2,1-3H3,(H2,13,17)(H,14,16). The van der Waals surface area contributed by atoms with Crippen LogP contribution in [0, 0.1) is 5.41 Å². The largest absolute Gasteiger partial charge is 0.392 e. The molecular formula is C12H23N3OS. The molecule has 0 aromatic rings. The maximum atomic E-state index is 12.2. The summed E-state index contributed by atoms with van der Waals surface area (Å²) in [5.74, 6) is 0.0162. The number of hydrogen-bond acceptors (Lipinski definition) is 3. The summed E-state index contributed by atoms with van der Waals surface area (Å²) in [7, 11) is 4.05. The summed E-state index contributed by atoms with van der Waals surface area (Å²) in [6.45, 7) is 2.98. The maximum Gasteiger partial charge on any atom is 0.233 e. The Morgan fingerprint density at radius 3 is 2.47 bits per heavy atom. The van der Waals surface area contributed by atoms with Gasteiger partial charge < -0.3 is 16.0 Å². The van der Waals surface area contributed by atoms with Gasteiger partial charge in [-0.15, -0.1) is 0 Å². The van der Waals surface area contributed by atoms with Crippen molar-refractivity contribution in [3.05, 3.63) is 0 Å². The van der Waals surface area contributed by atoms with Gasteiger partial charge in [0.25, 0.3) is 0 Å². The van der Waals surface area contributed by atoms with Crippen molar-refractivity contribution in [1.29, 1.82) is 0 Å². The van der Waals surface area contributed by atoms with Gasteiger partial charge in [-0.2, -0.15) is 0 Å². The van der Waals surface area contributed by atoms with Gasteiger partial charge in [0.2, 0.25) is 5.91 Å². The summed E-state index contributed by atoms with van der Waals surface area (Å²) in [4.78, 5) is 14.6. The molecule has 1 aliphatic rings. The Bertz CT molecular complexity index is 300. The molecule has 0 radical (unpaired) electrons. The predicted molar refractivity (Wildman–Crippen MR) is 73.8 cm³/mol. The van der Waals surface area contributed by atoms with Crippen molar-refractivity contribution in [2.24, 2.45) is 11.1 Å². The molecule has 5 heteroatoms. The molecule has 1 rings (SSSR count). The molecule has 0 aromatic heterocycles. The van der Waals surface area contributed by atoms with Crippen molar-refractivity contribution in [1.82, 2.24) is 10.2 Å². The summed E-state index contributed by atoms with van der Waals surface area (Å²) in [6, 6.07) is 0.164. The van der Waals surface area contributed by atoms with Gasteiger partial charge in [-0.1, -0.05) is 18.6 Å². The summed E-state index contributed by atoms with van der Waals surface area (Å²) in [6.07, 6.45) is 3.58. The third-order valence-electron chi connectivity index (χ3n) is 3.50. The van der Waals surface area contributed by atoms with Crippen molar-refractivity contribution in [3.63, 3.8) is 0 Å². The van der Waals surface area contributed by atoms with Gasteiger partial charge in [-0.3, -0.25) is 4.79 Å². The van der Waals surface area contributed by atoms with E-state index in [-0.39, 0.29) is 11.9 Å². The number of nitrogens with one attached hydrogen (secondary N) is 1. The van der Waals surface area contributed by atoms with Crippen LogP contribution in [0.3, 0.4) is 0 Å². The van der Waals surface area contributed by atoms with Crippen molar-refractivity contribution < 1.29 is 4.79 Å². The summed E-state index contributed by atoms with van der Waals surface area (Å²) in [5.41, 5.74) is 5.14. The average molecular weight is 257 g/mol. The molecule has 0 spiro atoms. The zero-order valence-electron chi connectivity index (χ0n) is 11.0. The van der Waals surface area contributed by atoms with E-state index < -0.39 is 5.41 Å². The topological polar surface area (TPSA) is 58.4 Å². The van der Waals surface area contributed by atoms with Crippen LogP contribution in [-0.2, 0) is 4.79 Å². The molecular weight excluding hydrogens is 234 g/mol. The van der Waals surface area contributed by atoms with E-state index in [4.69, 9.17) is 18.0 Å². The first-order valence-electron chi connectivity index (χ1n) is 6.14. The second kappa shape index (κ2) is 5.78. The first kappa shape index (κ1) is 14.4. The molecule has 0 aliphatic heterocycles. The second-order valence-electron chi connectivity index (χ2n) is 5.27. The fraction of sp³-hybridized carbons (Fsp3) is 0.833. The minimum Gasteiger partial charge on any atom is -0.392 e. The quantitative estimate of drug-likeness (QED) is 0.694. The lowest BCUT2D eigenvalue weighted by atomic mass is 9.68. The maximum absolute atomic E-state index is 12.2. The molecule has 98 valence electrons. The molecule has 1 unspecified atom stereocenters. The fourth-order valence-corrected chi connectivity index (χ4v) is 2.30. The molecule has 0 saturated heterocycles. The van der Waals surface area contributed by atoms with E-state index in [9.17, 15) is 4.79 Å². The van der Waals surface area contributed by atoms with Gasteiger partial charge in [0.15, 0.2) is 0 Å². The van der Waals surface area contributed by atoms with Crippen molar-refractivity contribution in [2.45, 2.75) is 38.6 Å². The van der Waals surface area contributed by atoms with Crippen molar-refractivity contribution in [2.75, 3.05) is 20.6 Å². The number of hydrogen-bond donors (Lipinski definition) is 2. The van der Waals surface area contributed by atoms with Crippen LogP contribution in [0.15, 0.2) is 0 Å². The lowest BCUT2D eigenvalue weighted by Gasteiger charge is -2.39. The predicted octanol–water partition coefficient (Wildman–Crippen LogP) is 0.899. The van der Waals surface area contributed by atoms with E-state index in [1.165, 1.54) is 0 Å². The highest BCUT2D eigenvalue weighted by Crippen LogP contribution is 2.41. The lowest BCUT2D eigenvalue weighted by Crippen LogP contribution is -2.55. The van der Waals surface area contributed by atoms with Gasteiger partial charge >= 0.3 is 0 Å². The molecule has 1 amide bonds. The second-order valence-corrected chi connectivity index (χ2v) is 5.71. The zero-order valence-corrected chi connectivity index (χ0v) is 11.8. The summed E-state index contributed by atoms with van der Waals surface area (Å²) < 4.78 is 0. The molecule has 1 atom stereocenters. The van der Waals surface area contributed by atoms with Gasteiger partial charge in [0, 0.05) is 6.04 Å². The van der Waals surface area contributed by atoms with Crippen LogP contribution in [0.4, 0.5) is 0 Å². The Morgan fingerprint density at radius 1 is 1.53 bits per heavy atom. The minimum atomic E-state index is -0.554. The SMILES string of the molecule is CC(CCN(C)C)NC(=O)C1(C(N)=S)CCC1. The highest BCUT2D eigenvalue weighted by Gasteiger charge is 2.47. The molecule has 0 heterocycles. The molecule has 1 saturated carbocycles. The van der Waals surface area contributed by atoms with Crippen LogP contribution in [0.1, 0.15) is 32.6 Å². The van der Waals surface area contributed by atoms with Crippen LogP contribution in [0.2, 0.25) is 0 Å². The van der Waals surface area contributed by atoms with E-state index in [1.807, 2.05) is 21.0 Å². The van der Waals surface area contributed by atoms with E-state index in [0.29, 0.717) is 4.99 Å². The smallest absolute Gasteiger partial charge is 0.233 e. The zero-order chi connectivity index (χ0) is 13.1. The van der Waals surface area contributed by atoms with E-state index in [1.54, 1.807) is 0 Å². The highest BCUT2D eigenvalue weighted by molar-refractivity contribution is 7.80. The van der Waals surface area contributed by atoms with E-state index in [0.717, 1.165) is 32.2 Å². The van der Waals surface area contributed by atoms with Crippen LogP contribution >= 0.6 is 12.2 Å². The monoisotopic (exact) mass is 257 g/mol. The minimum absolute atomic E-state index is 0.0162. The molecule has 17 heavy (non-hydrogen) atoms. The third kappa shape index (κ3) is 3.39. The van der Waals surface area contributed by atoms with Gasteiger partial charge in [0.05, 0.1) is 10.4 Å². The number of rotatable bonds is 6. The number of amides is 1. The molecule has 0 bridgehead atoms. The molecule has 4 nitrogen and oxygen atoms in total. The van der Waals surface area contributed by atoms with Crippen molar-refractivity contribution >= 4 is 23.1 Å². The first-order valence-corrected chi connectivity index (χ1v) is 6.55. The highest BCUT2D eigenvalue weighted by atomic mass is 32.1. The summed E-state index contributed by atoms with van der Waals surface area (Å²) in [5, 5.41) is 3.03. The van der Waals surface area contributed by atoms with Crippen LogP contribution in [0.5, 0.6) is 0 Å². The van der Waals surface area contributed by atoms with Gasteiger partial charge in [-0.25, -0.2) is 0 Å². The third-order valence-corrected chi connectivity index (χ3v) is 3.89. The number of nitrogens with zero attached hydrogens (tertiary/aromatic N) is 1. The Labute approximate surface area is 109 Å². The van der Waals surface area contributed by atoms with E-state index in [2.05, 4.69) is 10.2 Å². The Hall–Kier alpha value is -0.680. The van der Waals surface area contributed by atoms with Gasteiger partial charge in [0.1, 0.15) is 0 Å².